The second-order valence-corrected chi connectivity index (χ2v) is 5.52. The van der Waals surface area contributed by atoms with Crippen LogP contribution in [0, 0.1) is 5.82 Å². The molecule has 1 saturated heterocycles. The van der Waals surface area contributed by atoms with Crippen LogP contribution < -0.4 is 5.01 Å². The number of para-hydroxylation sites is 1. The molecule has 6 heteroatoms. The Balaban J connectivity index is 2.07. The van der Waals surface area contributed by atoms with E-state index in [2.05, 4.69) is 21.9 Å². The molecule has 3 rings (SSSR count). The quantitative estimate of drug-likeness (QED) is 0.808. The lowest BCUT2D eigenvalue weighted by atomic mass is 10.3. The van der Waals surface area contributed by atoms with Crippen molar-refractivity contribution in [2.75, 3.05) is 44.1 Å². The van der Waals surface area contributed by atoms with Crippen LogP contribution in [0.2, 0.25) is 0 Å². The zero-order valence-electron chi connectivity index (χ0n) is 11.5. The van der Waals surface area contributed by atoms with E-state index < -0.39 is 0 Å². The number of halogens is 2. The van der Waals surface area contributed by atoms with Gasteiger partial charge in [-0.2, -0.15) is 0 Å². The summed E-state index contributed by atoms with van der Waals surface area (Å²) in [5.74, 6) is 1.05. The number of benzene rings is 1. The third-order valence-electron chi connectivity index (χ3n) is 3.76. The lowest BCUT2D eigenvalue weighted by Gasteiger charge is -2.35. The molecule has 0 atom stereocenters. The fourth-order valence-electron chi connectivity index (χ4n) is 2.66. The summed E-state index contributed by atoms with van der Waals surface area (Å²) in [6.45, 7) is 3.81. The Hall–Kier alpha value is -1.33. The lowest BCUT2D eigenvalue weighted by molar-refractivity contribution is 0.287. The summed E-state index contributed by atoms with van der Waals surface area (Å²) in [5.41, 5.74) is 1.27. The molecule has 1 aliphatic rings. The van der Waals surface area contributed by atoms with Crippen molar-refractivity contribution in [2.24, 2.45) is 0 Å². The highest BCUT2D eigenvalue weighted by Gasteiger charge is 2.21. The number of imidazole rings is 1. The summed E-state index contributed by atoms with van der Waals surface area (Å²) in [7, 11) is 2.11. The van der Waals surface area contributed by atoms with Crippen LogP contribution in [0.15, 0.2) is 18.2 Å². The molecule has 2 aromatic rings. The van der Waals surface area contributed by atoms with Crippen molar-refractivity contribution in [1.29, 1.82) is 0 Å². The fourth-order valence-corrected chi connectivity index (χ4v) is 2.83. The maximum absolute atomic E-state index is 13.9. The molecule has 1 fully saturated rings. The van der Waals surface area contributed by atoms with Gasteiger partial charge in [0.1, 0.15) is 11.3 Å². The van der Waals surface area contributed by atoms with Gasteiger partial charge in [-0.15, -0.1) is 11.6 Å². The van der Waals surface area contributed by atoms with Gasteiger partial charge in [-0.05, 0) is 19.2 Å². The molecule has 0 bridgehead atoms. The Kier molecular flexibility index (Phi) is 3.81. The Labute approximate surface area is 122 Å². The number of aromatic nitrogens is 2. The molecule has 1 aromatic heterocycles. The molecule has 0 saturated carbocycles. The van der Waals surface area contributed by atoms with E-state index in [1.807, 2.05) is 10.7 Å². The van der Waals surface area contributed by atoms with E-state index in [4.69, 9.17) is 11.6 Å². The third kappa shape index (κ3) is 2.36. The van der Waals surface area contributed by atoms with Crippen molar-refractivity contribution in [3.8, 4) is 0 Å². The summed E-state index contributed by atoms with van der Waals surface area (Å²) < 4.78 is 16.0. The van der Waals surface area contributed by atoms with E-state index in [1.165, 1.54) is 6.07 Å². The number of nitrogens with zero attached hydrogens (tertiary/aromatic N) is 4. The highest BCUT2D eigenvalue weighted by Crippen LogP contribution is 2.21. The second-order valence-electron chi connectivity index (χ2n) is 5.14. The standard InChI is InChI=1S/C14H18ClFN4/c1-18-7-9-19(10-8-18)20-12-4-2-3-11(16)14(12)17-13(20)5-6-15/h2-4H,5-10H2,1H3. The molecule has 1 aliphatic heterocycles. The first-order valence-corrected chi connectivity index (χ1v) is 7.39. The van der Waals surface area contributed by atoms with Crippen LogP contribution in [-0.2, 0) is 6.42 Å². The molecular weight excluding hydrogens is 279 g/mol. The van der Waals surface area contributed by atoms with Gasteiger partial charge in [0, 0.05) is 38.5 Å². The number of aryl methyl sites for hydroxylation is 1. The Morgan fingerprint density at radius 2 is 2.00 bits per heavy atom. The number of likely N-dealkylation sites (N-methyl/N-ethyl adjacent to an activating group) is 1. The molecule has 108 valence electrons. The lowest BCUT2D eigenvalue weighted by Crippen LogP contribution is -2.50. The molecular formula is C14H18ClFN4. The number of hydrogen-bond acceptors (Lipinski definition) is 3. The van der Waals surface area contributed by atoms with Gasteiger partial charge in [-0.3, -0.25) is 0 Å². The van der Waals surface area contributed by atoms with Gasteiger partial charge in [0.15, 0.2) is 5.82 Å². The van der Waals surface area contributed by atoms with Gasteiger partial charge >= 0.3 is 0 Å². The van der Waals surface area contributed by atoms with E-state index in [0.717, 1.165) is 37.5 Å². The molecule has 0 aliphatic carbocycles. The summed E-state index contributed by atoms with van der Waals surface area (Å²) >= 11 is 5.86. The number of alkyl halides is 1. The number of fused-ring (bicyclic) bond motifs is 1. The van der Waals surface area contributed by atoms with E-state index >= 15 is 0 Å². The van der Waals surface area contributed by atoms with Crippen LogP contribution in [-0.4, -0.2) is 53.7 Å². The van der Waals surface area contributed by atoms with E-state index in [9.17, 15) is 4.39 Å². The third-order valence-corrected chi connectivity index (χ3v) is 3.95. The summed E-state index contributed by atoms with van der Waals surface area (Å²) in [4.78, 5) is 6.73. The van der Waals surface area contributed by atoms with Crippen molar-refractivity contribution in [1.82, 2.24) is 14.6 Å². The first kappa shape index (κ1) is 13.6. The topological polar surface area (TPSA) is 24.3 Å². The molecule has 0 unspecified atom stereocenters. The van der Waals surface area contributed by atoms with Gasteiger partial charge in [0.25, 0.3) is 0 Å². The van der Waals surface area contributed by atoms with E-state index in [0.29, 0.717) is 17.8 Å². The zero-order valence-corrected chi connectivity index (χ0v) is 12.3. The predicted octanol–water partition coefficient (Wildman–Crippen LogP) is 1.84. The average molecular weight is 297 g/mol. The van der Waals surface area contributed by atoms with Crippen LogP contribution in [0.3, 0.4) is 0 Å². The van der Waals surface area contributed by atoms with Crippen molar-refractivity contribution < 1.29 is 4.39 Å². The highest BCUT2D eigenvalue weighted by atomic mass is 35.5. The molecule has 0 spiro atoms. The predicted molar refractivity (Wildman–Crippen MR) is 79.6 cm³/mol. The van der Waals surface area contributed by atoms with Crippen molar-refractivity contribution >= 4 is 22.6 Å². The Bertz CT molecular complexity index is 604. The van der Waals surface area contributed by atoms with Crippen LogP contribution >= 0.6 is 11.6 Å². The monoisotopic (exact) mass is 296 g/mol. The number of rotatable bonds is 3. The maximum atomic E-state index is 13.9. The van der Waals surface area contributed by atoms with Crippen LogP contribution in [0.25, 0.3) is 11.0 Å². The fraction of sp³-hybridized carbons (Fsp3) is 0.500. The highest BCUT2D eigenvalue weighted by molar-refractivity contribution is 6.17. The van der Waals surface area contributed by atoms with Gasteiger partial charge in [-0.25, -0.2) is 14.1 Å². The molecule has 1 aromatic carbocycles. The second kappa shape index (κ2) is 5.58. The molecule has 0 N–H and O–H groups in total. The minimum absolute atomic E-state index is 0.272. The number of hydrogen-bond donors (Lipinski definition) is 0. The molecule has 2 heterocycles. The van der Waals surface area contributed by atoms with Crippen LogP contribution in [0.4, 0.5) is 4.39 Å². The van der Waals surface area contributed by atoms with Crippen molar-refractivity contribution in [3.05, 3.63) is 29.8 Å². The van der Waals surface area contributed by atoms with Crippen LogP contribution in [0.1, 0.15) is 5.82 Å². The van der Waals surface area contributed by atoms with Gasteiger partial charge in [0.2, 0.25) is 0 Å². The minimum Gasteiger partial charge on any atom is -0.308 e. The first-order valence-electron chi connectivity index (χ1n) is 6.86. The van der Waals surface area contributed by atoms with Crippen molar-refractivity contribution in [3.63, 3.8) is 0 Å². The average Bonchev–Trinajstić information content (AvgIpc) is 2.80. The smallest absolute Gasteiger partial charge is 0.151 e. The molecule has 0 amide bonds. The maximum Gasteiger partial charge on any atom is 0.151 e. The van der Waals surface area contributed by atoms with Crippen molar-refractivity contribution in [2.45, 2.75) is 6.42 Å². The normalized spacial score (nSPS) is 17.1. The largest absolute Gasteiger partial charge is 0.308 e. The molecule has 20 heavy (non-hydrogen) atoms. The van der Waals surface area contributed by atoms with E-state index in [-0.39, 0.29) is 5.82 Å². The van der Waals surface area contributed by atoms with Gasteiger partial charge < -0.3 is 9.91 Å². The van der Waals surface area contributed by atoms with E-state index in [1.54, 1.807) is 6.07 Å². The Morgan fingerprint density at radius 3 is 2.70 bits per heavy atom. The summed E-state index contributed by atoms with van der Waals surface area (Å²) in [5, 5.41) is 2.23. The molecule has 0 radical (unpaired) electrons. The minimum atomic E-state index is -0.272. The molecule has 4 nitrogen and oxygen atoms in total. The summed E-state index contributed by atoms with van der Waals surface area (Å²) in [6.07, 6.45) is 0.641. The number of piperazine rings is 1. The Morgan fingerprint density at radius 1 is 1.25 bits per heavy atom. The first-order chi connectivity index (χ1) is 9.70. The SMILES string of the molecule is CN1CCN(n2c(CCCl)nc3c(F)cccc32)CC1. The van der Waals surface area contributed by atoms with Gasteiger partial charge in [-0.1, -0.05) is 6.07 Å². The van der Waals surface area contributed by atoms with Gasteiger partial charge in [0.05, 0.1) is 5.52 Å². The van der Waals surface area contributed by atoms with Crippen LogP contribution in [0.5, 0.6) is 0 Å². The zero-order chi connectivity index (χ0) is 14.1. The summed E-state index contributed by atoms with van der Waals surface area (Å²) in [6, 6.07) is 5.10.